The van der Waals surface area contributed by atoms with Crippen molar-refractivity contribution in [3.05, 3.63) is 252 Å². The third-order valence-corrected chi connectivity index (χ3v) is 13.2. The maximum atomic E-state index is 12.3. The topological polar surface area (TPSA) is 83.0 Å². The van der Waals surface area contributed by atoms with Crippen molar-refractivity contribution in [3.8, 4) is 45.3 Å². The summed E-state index contributed by atoms with van der Waals surface area (Å²) >= 11 is 0. The van der Waals surface area contributed by atoms with Crippen LogP contribution in [-0.4, -0.2) is 10.2 Å². The Bertz CT molecular complexity index is 3410. The van der Waals surface area contributed by atoms with Gasteiger partial charge in [-0.2, -0.15) is 0 Å². The van der Waals surface area contributed by atoms with Crippen LogP contribution in [0.1, 0.15) is 33.4 Å². The zero-order valence-corrected chi connectivity index (χ0v) is 38.7. The van der Waals surface area contributed by atoms with Crippen LogP contribution in [0.4, 0.5) is 0 Å². The van der Waals surface area contributed by atoms with Crippen molar-refractivity contribution >= 4 is 43.1 Å². The predicted octanol–water partition coefficient (Wildman–Crippen LogP) is 14.8. The number of hydrogen-bond donors (Lipinski definition) is 4. The van der Waals surface area contributed by atoms with Crippen molar-refractivity contribution < 1.29 is 19.7 Å². The number of ether oxygens (including phenoxy) is 2. The second-order valence-corrected chi connectivity index (χ2v) is 17.9. The lowest BCUT2D eigenvalue weighted by Crippen LogP contribution is -2.13. The van der Waals surface area contributed by atoms with E-state index in [1.807, 2.05) is 103 Å². The molecule has 0 aliphatic rings. The van der Waals surface area contributed by atoms with E-state index in [0.29, 0.717) is 50.9 Å². The molecule has 70 heavy (non-hydrogen) atoms. The van der Waals surface area contributed by atoms with Crippen LogP contribution in [0, 0.1) is 0 Å². The van der Waals surface area contributed by atoms with Crippen LogP contribution in [0.3, 0.4) is 0 Å². The van der Waals surface area contributed by atoms with Crippen LogP contribution in [-0.2, 0) is 39.4 Å². The quantitative estimate of drug-likeness (QED) is 0.0773. The van der Waals surface area contributed by atoms with Gasteiger partial charge >= 0.3 is 0 Å². The Morgan fingerprint density at radius 1 is 0.300 bits per heavy atom. The molecule has 0 fully saturated rings. The lowest BCUT2D eigenvalue weighted by molar-refractivity contribution is 0.301. The summed E-state index contributed by atoms with van der Waals surface area (Å²) in [4.78, 5) is 0. The lowest BCUT2D eigenvalue weighted by atomic mass is 9.90. The number of phenolic OH excluding ortho intramolecular Hbond substituents is 2. The smallest absolute Gasteiger partial charge is 0.128 e. The van der Waals surface area contributed by atoms with E-state index in [1.165, 1.54) is 11.1 Å². The molecule has 0 amide bonds. The molecule has 6 heteroatoms. The summed E-state index contributed by atoms with van der Waals surface area (Å²) in [5.74, 6) is 1.84. The van der Waals surface area contributed by atoms with Gasteiger partial charge in [0.05, 0.1) is 0 Å². The molecule has 0 aliphatic heterocycles. The Labute approximate surface area is 408 Å². The monoisotopic (exact) mass is 912 g/mol. The van der Waals surface area contributed by atoms with E-state index >= 15 is 0 Å². The summed E-state index contributed by atoms with van der Waals surface area (Å²) in [5, 5.41) is 39.7. The largest absolute Gasteiger partial charge is 0.507 e. The molecule has 0 aromatic heterocycles. The Balaban J connectivity index is 0.894. The van der Waals surface area contributed by atoms with Crippen LogP contribution < -0.4 is 20.1 Å². The van der Waals surface area contributed by atoms with Gasteiger partial charge in [-0.25, -0.2) is 0 Å². The van der Waals surface area contributed by atoms with Gasteiger partial charge in [-0.05, 0) is 95.7 Å². The summed E-state index contributed by atoms with van der Waals surface area (Å²) in [6.45, 7) is 2.94. The molecule has 0 bridgehead atoms. The van der Waals surface area contributed by atoms with Crippen molar-refractivity contribution in [1.82, 2.24) is 10.6 Å². The van der Waals surface area contributed by atoms with Crippen LogP contribution in [0.2, 0.25) is 0 Å². The van der Waals surface area contributed by atoms with E-state index in [-0.39, 0.29) is 11.5 Å². The highest BCUT2D eigenvalue weighted by atomic mass is 16.5. The van der Waals surface area contributed by atoms with E-state index in [9.17, 15) is 10.2 Å². The zero-order valence-electron chi connectivity index (χ0n) is 38.7. The van der Waals surface area contributed by atoms with Crippen molar-refractivity contribution in [2.75, 3.05) is 0 Å². The van der Waals surface area contributed by atoms with Crippen molar-refractivity contribution in [3.63, 3.8) is 0 Å². The van der Waals surface area contributed by atoms with E-state index < -0.39 is 0 Å². The van der Waals surface area contributed by atoms with E-state index in [4.69, 9.17) is 9.47 Å². The average Bonchev–Trinajstić information content (AvgIpc) is 3.41. The number of hydrogen-bond acceptors (Lipinski definition) is 6. The molecule has 0 saturated heterocycles. The standard InChI is InChI=1S/C64H52N2O4/c67-63-51(39-65-37-43-16-3-1-4-17-43)35-49-24-9-13-28-55(49)61(63)59-53-26-11-7-22-47(53)30-32-57(59)69-41-45-20-15-21-46(34-45)42-70-58-33-31-48-23-8-12-27-54(48)60(58)62-56-29-14-10-25-50(56)36-52(64(62)68)40-66-38-44-18-5-2-6-19-44/h1-36,65-68H,37-42H2. The maximum Gasteiger partial charge on any atom is 0.128 e. The summed E-state index contributed by atoms with van der Waals surface area (Å²) in [6, 6.07) is 74.3. The van der Waals surface area contributed by atoms with Gasteiger partial charge in [0, 0.05) is 59.6 Å². The molecule has 0 atom stereocenters. The van der Waals surface area contributed by atoms with Gasteiger partial charge < -0.3 is 30.3 Å². The van der Waals surface area contributed by atoms with E-state index in [1.54, 1.807) is 0 Å². The summed E-state index contributed by atoms with van der Waals surface area (Å²) in [6.07, 6.45) is 0. The highest BCUT2D eigenvalue weighted by Gasteiger charge is 2.23. The first-order valence-corrected chi connectivity index (χ1v) is 23.9. The molecule has 11 aromatic carbocycles. The third-order valence-electron chi connectivity index (χ3n) is 13.2. The molecule has 6 nitrogen and oxygen atoms in total. The predicted molar refractivity (Wildman–Crippen MR) is 286 cm³/mol. The van der Waals surface area contributed by atoms with Gasteiger partial charge in [-0.1, -0.05) is 188 Å². The summed E-state index contributed by atoms with van der Waals surface area (Å²) in [5.41, 5.74) is 9.16. The molecule has 4 N–H and O–H groups in total. The summed E-state index contributed by atoms with van der Waals surface area (Å²) in [7, 11) is 0. The van der Waals surface area contributed by atoms with Crippen LogP contribution in [0.15, 0.2) is 218 Å². The molecule has 0 heterocycles. The molecular weight excluding hydrogens is 861 g/mol. The Morgan fingerprint density at radius 2 is 0.657 bits per heavy atom. The zero-order chi connectivity index (χ0) is 47.2. The lowest BCUT2D eigenvalue weighted by Gasteiger charge is -2.20. The van der Waals surface area contributed by atoms with Gasteiger partial charge in [0.15, 0.2) is 0 Å². The Kier molecular flexibility index (Phi) is 12.6. The second kappa shape index (κ2) is 20.0. The minimum Gasteiger partial charge on any atom is -0.507 e. The molecule has 0 saturated carbocycles. The molecule has 0 unspecified atom stereocenters. The third kappa shape index (κ3) is 9.14. The first kappa shape index (κ1) is 44.1. The molecular formula is C64H52N2O4. The number of benzene rings is 11. The fourth-order valence-electron chi connectivity index (χ4n) is 9.83. The minimum absolute atomic E-state index is 0.237. The SMILES string of the molecule is Oc1c(CNCc2ccccc2)cc2ccccc2c1-c1c(OCc2cccc(COc3ccc4ccccc4c3-c3c(O)c(CNCc4ccccc4)cc4ccccc34)c2)ccc2ccccc12. The van der Waals surface area contributed by atoms with Gasteiger partial charge in [0.1, 0.15) is 36.2 Å². The maximum absolute atomic E-state index is 12.3. The molecule has 0 radical (unpaired) electrons. The van der Waals surface area contributed by atoms with Crippen molar-refractivity contribution in [1.29, 1.82) is 0 Å². The summed E-state index contributed by atoms with van der Waals surface area (Å²) < 4.78 is 13.7. The van der Waals surface area contributed by atoms with E-state index in [0.717, 1.165) is 87.6 Å². The fraction of sp³-hybridized carbons (Fsp3) is 0.0938. The number of phenols is 2. The Hall–Kier alpha value is -8.42. The van der Waals surface area contributed by atoms with Gasteiger partial charge in [-0.3, -0.25) is 0 Å². The van der Waals surface area contributed by atoms with E-state index in [2.05, 4.69) is 126 Å². The normalized spacial score (nSPS) is 11.4. The molecule has 0 spiro atoms. The average molecular weight is 913 g/mol. The number of nitrogens with one attached hydrogen (secondary N) is 2. The molecule has 342 valence electrons. The highest BCUT2D eigenvalue weighted by Crippen LogP contribution is 2.48. The first-order valence-electron chi connectivity index (χ1n) is 23.9. The fourth-order valence-corrected chi connectivity index (χ4v) is 9.83. The number of rotatable bonds is 16. The molecule has 11 rings (SSSR count). The number of fused-ring (bicyclic) bond motifs is 4. The van der Waals surface area contributed by atoms with Crippen LogP contribution in [0.5, 0.6) is 23.0 Å². The van der Waals surface area contributed by atoms with Crippen molar-refractivity contribution in [2.45, 2.75) is 39.4 Å². The van der Waals surface area contributed by atoms with Crippen molar-refractivity contribution in [2.24, 2.45) is 0 Å². The molecule has 11 aromatic rings. The van der Waals surface area contributed by atoms with Gasteiger partial charge in [0.2, 0.25) is 0 Å². The van der Waals surface area contributed by atoms with Crippen LogP contribution >= 0.6 is 0 Å². The first-order chi connectivity index (χ1) is 34.6. The molecule has 0 aliphatic carbocycles. The van der Waals surface area contributed by atoms with Crippen LogP contribution in [0.25, 0.3) is 65.3 Å². The Morgan fingerprint density at radius 3 is 1.09 bits per heavy atom. The minimum atomic E-state index is 0.237. The van der Waals surface area contributed by atoms with Gasteiger partial charge in [0.25, 0.3) is 0 Å². The van der Waals surface area contributed by atoms with Gasteiger partial charge in [-0.15, -0.1) is 0 Å². The highest BCUT2D eigenvalue weighted by molar-refractivity contribution is 6.11. The number of aromatic hydroxyl groups is 2. The second-order valence-electron chi connectivity index (χ2n) is 17.9.